The number of benzene rings is 2. The minimum absolute atomic E-state index is 0.205. The van der Waals surface area contributed by atoms with Gasteiger partial charge in [0.2, 0.25) is 15.9 Å². The predicted octanol–water partition coefficient (Wildman–Crippen LogP) is 3.92. The summed E-state index contributed by atoms with van der Waals surface area (Å²) >= 11 is 0. The van der Waals surface area contributed by atoms with Crippen molar-refractivity contribution in [3.8, 4) is 0 Å². The lowest BCUT2D eigenvalue weighted by Gasteiger charge is -2.18. The molecule has 0 spiro atoms. The van der Waals surface area contributed by atoms with Crippen molar-refractivity contribution in [3.63, 3.8) is 0 Å². The number of anilines is 1. The number of hydrogen-bond donors (Lipinski definition) is 1. The molecule has 0 aliphatic heterocycles. The number of nitrogens with one attached hydrogen (secondary N) is 1. The molecular formula is C22H23N3O3S. The topological polar surface area (TPSA) is 79.4 Å². The summed E-state index contributed by atoms with van der Waals surface area (Å²) in [7, 11) is -3.51. The van der Waals surface area contributed by atoms with Gasteiger partial charge in [0, 0.05) is 42.0 Å². The van der Waals surface area contributed by atoms with Gasteiger partial charge in [-0.15, -0.1) is 0 Å². The second-order valence-electron chi connectivity index (χ2n) is 6.36. The van der Waals surface area contributed by atoms with Gasteiger partial charge in [-0.2, -0.15) is 4.31 Å². The van der Waals surface area contributed by atoms with Crippen LogP contribution in [0, 0.1) is 0 Å². The van der Waals surface area contributed by atoms with Crippen molar-refractivity contribution in [2.75, 3.05) is 18.4 Å². The van der Waals surface area contributed by atoms with E-state index in [2.05, 4.69) is 10.3 Å². The number of aromatic nitrogens is 1. The van der Waals surface area contributed by atoms with Crippen LogP contribution in [0.3, 0.4) is 0 Å². The molecule has 6 nitrogen and oxygen atoms in total. The average molecular weight is 410 g/mol. The van der Waals surface area contributed by atoms with E-state index in [1.54, 1.807) is 38.3 Å². The van der Waals surface area contributed by atoms with Gasteiger partial charge >= 0.3 is 0 Å². The Hall–Kier alpha value is -3.03. The third-order valence-electron chi connectivity index (χ3n) is 4.54. The van der Waals surface area contributed by atoms with Gasteiger partial charge in [-0.1, -0.05) is 38.1 Å². The molecule has 2 aromatic carbocycles. The molecule has 1 aromatic heterocycles. The molecule has 0 bridgehead atoms. The van der Waals surface area contributed by atoms with Crippen LogP contribution in [0.5, 0.6) is 0 Å². The van der Waals surface area contributed by atoms with E-state index in [1.807, 2.05) is 30.3 Å². The molecule has 3 rings (SSSR count). The second kappa shape index (κ2) is 8.98. The van der Waals surface area contributed by atoms with E-state index in [4.69, 9.17) is 0 Å². The zero-order valence-corrected chi connectivity index (χ0v) is 17.2. The minimum atomic E-state index is -3.51. The zero-order valence-electron chi connectivity index (χ0n) is 16.4. The Balaban J connectivity index is 1.72. The van der Waals surface area contributed by atoms with Crippen molar-refractivity contribution >= 4 is 38.6 Å². The molecule has 0 aliphatic rings. The van der Waals surface area contributed by atoms with E-state index in [0.29, 0.717) is 18.8 Å². The Morgan fingerprint density at radius 2 is 1.72 bits per heavy atom. The SMILES string of the molecule is CCN(CC)S(=O)(=O)c1ccc(NC(=O)/C=C/c2cccc3cccnc23)cc1. The number of para-hydroxylation sites is 1. The van der Waals surface area contributed by atoms with Gasteiger partial charge in [0.1, 0.15) is 0 Å². The Kier molecular flexibility index (Phi) is 6.41. The standard InChI is InChI=1S/C22H23N3O3S/c1-3-25(4-2)29(27,28)20-13-11-19(12-14-20)24-21(26)15-10-18-8-5-7-17-9-6-16-23-22(17)18/h5-16H,3-4H2,1-2H3,(H,24,26)/b15-10+. The molecular weight excluding hydrogens is 386 g/mol. The van der Waals surface area contributed by atoms with E-state index in [9.17, 15) is 13.2 Å². The predicted molar refractivity (Wildman–Crippen MR) is 116 cm³/mol. The van der Waals surface area contributed by atoms with Gasteiger partial charge in [-0.05, 0) is 36.4 Å². The lowest BCUT2D eigenvalue weighted by Crippen LogP contribution is -2.30. The van der Waals surface area contributed by atoms with E-state index in [-0.39, 0.29) is 10.8 Å². The minimum Gasteiger partial charge on any atom is -0.323 e. The molecule has 0 fully saturated rings. The lowest BCUT2D eigenvalue weighted by atomic mass is 10.1. The summed E-state index contributed by atoms with van der Waals surface area (Å²) in [5.41, 5.74) is 2.19. The molecule has 0 atom stereocenters. The first kappa shape index (κ1) is 20.7. The Morgan fingerprint density at radius 1 is 1.03 bits per heavy atom. The van der Waals surface area contributed by atoms with Crippen LogP contribution in [0.2, 0.25) is 0 Å². The Morgan fingerprint density at radius 3 is 2.41 bits per heavy atom. The van der Waals surface area contributed by atoms with Gasteiger partial charge in [0.15, 0.2) is 0 Å². The smallest absolute Gasteiger partial charge is 0.248 e. The van der Waals surface area contributed by atoms with Crippen molar-refractivity contribution in [3.05, 3.63) is 72.4 Å². The van der Waals surface area contributed by atoms with Crippen LogP contribution < -0.4 is 5.32 Å². The second-order valence-corrected chi connectivity index (χ2v) is 8.30. The van der Waals surface area contributed by atoms with Crippen molar-refractivity contribution in [1.82, 2.24) is 9.29 Å². The molecule has 1 heterocycles. The molecule has 0 radical (unpaired) electrons. The highest BCUT2D eigenvalue weighted by Gasteiger charge is 2.21. The van der Waals surface area contributed by atoms with Gasteiger partial charge in [-0.3, -0.25) is 9.78 Å². The zero-order chi connectivity index (χ0) is 20.9. The van der Waals surface area contributed by atoms with Gasteiger partial charge in [-0.25, -0.2) is 8.42 Å². The van der Waals surface area contributed by atoms with Crippen LogP contribution in [0.25, 0.3) is 17.0 Å². The number of pyridine rings is 1. The van der Waals surface area contributed by atoms with E-state index < -0.39 is 10.0 Å². The van der Waals surface area contributed by atoms with Crippen molar-refractivity contribution in [2.45, 2.75) is 18.7 Å². The van der Waals surface area contributed by atoms with Crippen LogP contribution in [0.1, 0.15) is 19.4 Å². The first-order valence-electron chi connectivity index (χ1n) is 9.38. The van der Waals surface area contributed by atoms with E-state index >= 15 is 0 Å². The summed E-state index contributed by atoms with van der Waals surface area (Å²) in [6, 6.07) is 15.8. The molecule has 3 aromatic rings. The van der Waals surface area contributed by atoms with Crippen LogP contribution in [0.15, 0.2) is 71.8 Å². The van der Waals surface area contributed by atoms with Crippen molar-refractivity contribution in [1.29, 1.82) is 0 Å². The number of nitrogens with zero attached hydrogens (tertiary/aromatic N) is 2. The molecule has 0 saturated carbocycles. The summed E-state index contributed by atoms with van der Waals surface area (Å²) in [5, 5.41) is 3.74. The molecule has 1 N–H and O–H groups in total. The number of sulfonamides is 1. The molecule has 0 unspecified atom stereocenters. The van der Waals surface area contributed by atoms with Crippen LogP contribution in [-0.2, 0) is 14.8 Å². The van der Waals surface area contributed by atoms with Crippen LogP contribution >= 0.6 is 0 Å². The van der Waals surface area contributed by atoms with Crippen molar-refractivity contribution in [2.24, 2.45) is 0 Å². The normalized spacial score (nSPS) is 12.0. The first-order valence-corrected chi connectivity index (χ1v) is 10.8. The van der Waals surface area contributed by atoms with Crippen LogP contribution in [-0.4, -0.2) is 36.7 Å². The third-order valence-corrected chi connectivity index (χ3v) is 6.61. The number of fused-ring (bicyclic) bond motifs is 1. The largest absolute Gasteiger partial charge is 0.323 e. The molecule has 0 aliphatic carbocycles. The maximum Gasteiger partial charge on any atom is 0.248 e. The molecule has 29 heavy (non-hydrogen) atoms. The van der Waals surface area contributed by atoms with E-state index in [1.165, 1.54) is 22.5 Å². The Bertz CT molecular complexity index is 1130. The molecule has 0 saturated heterocycles. The quantitative estimate of drug-likeness (QED) is 0.600. The fourth-order valence-electron chi connectivity index (χ4n) is 3.03. The number of carbonyl (C=O) groups excluding carboxylic acids is 1. The van der Waals surface area contributed by atoms with Gasteiger partial charge in [0.25, 0.3) is 0 Å². The maximum atomic E-state index is 12.5. The van der Waals surface area contributed by atoms with Gasteiger partial charge < -0.3 is 5.32 Å². The summed E-state index contributed by atoms with van der Waals surface area (Å²) in [6.07, 6.45) is 4.86. The summed E-state index contributed by atoms with van der Waals surface area (Å²) < 4.78 is 26.4. The highest BCUT2D eigenvalue weighted by molar-refractivity contribution is 7.89. The monoisotopic (exact) mass is 409 g/mol. The summed E-state index contributed by atoms with van der Waals surface area (Å²) in [5.74, 6) is -0.308. The highest BCUT2D eigenvalue weighted by atomic mass is 32.2. The van der Waals surface area contributed by atoms with E-state index in [0.717, 1.165) is 16.5 Å². The molecule has 1 amide bonds. The maximum absolute atomic E-state index is 12.5. The summed E-state index contributed by atoms with van der Waals surface area (Å²) in [6.45, 7) is 4.41. The van der Waals surface area contributed by atoms with Crippen LogP contribution in [0.4, 0.5) is 5.69 Å². The fourth-order valence-corrected chi connectivity index (χ4v) is 4.49. The number of rotatable bonds is 7. The molecule has 150 valence electrons. The third kappa shape index (κ3) is 4.70. The fraction of sp³-hybridized carbons (Fsp3) is 0.182. The number of amides is 1. The first-order chi connectivity index (χ1) is 14.0. The average Bonchev–Trinajstić information content (AvgIpc) is 2.73. The van der Waals surface area contributed by atoms with Crippen molar-refractivity contribution < 1.29 is 13.2 Å². The number of hydrogen-bond acceptors (Lipinski definition) is 4. The van der Waals surface area contributed by atoms with Gasteiger partial charge in [0.05, 0.1) is 10.4 Å². The number of carbonyl (C=O) groups is 1. The molecule has 7 heteroatoms. The summed E-state index contributed by atoms with van der Waals surface area (Å²) in [4.78, 5) is 16.8. The highest BCUT2D eigenvalue weighted by Crippen LogP contribution is 2.19. The lowest BCUT2D eigenvalue weighted by molar-refractivity contribution is -0.111. The Labute approximate surface area is 170 Å².